The van der Waals surface area contributed by atoms with E-state index < -0.39 is 0 Å². The topological polar surface area (TPSA) is 59.0 Å². The van der Waals surface area contributed by atoms with Gasteiger partial charge in [0, 0.05) is 18.7 Å². The third kappa shape index (κ3) is 2.09. The van der Waals surface area contributed by atoms with E-state index in [-0.39, 0.29) is 17.4 Å². The first-order chi connectivity index (χ1) is 10.5. The number of carbonyl (C=O) groups is 1. The molecule has 1 aromatic heterocycles. The molecule has 2 N–H and O–H groups in total. The highest BCUT2D eigenvalue weighted by Crippen LogP contribution is 2.49. The lowest BCUT2D eigenvalue weighted by Crippen LogP contribution is -2.44. The van der Waals surface area contributed by atoms with Gasteiger partial charge in [-0.3, -0.25) is 9.48 Å². The van der Waals surface area contributed by atoms with Crippen molar-refractivity contribution in [3.05, 3.63) is 17.0 Å². The number of piperidine rings is 1. The fraction of sp³-hybridized carbons (Fsp3) is 0.765. The fourth-order valence-electron chi connectivity index (χ4n) is 4.53. The van der Waals surface area contributed by atoms with E-state index in [9.17, 15) is 4.79 Å². The summed E-state index contributed by atoms with van der Waals surface area (Å²) in [6.07, 6.45) is 4.68. The molecule has 120 valence electrons. The van der Waals surface area contributed by atoms with Crippen LogP contribution in [0.2, 0.25) is 0 Å². The van der Waals surface area contributed by atoms with Crippen molar-refractivity contribution in [2.75, 3.05) is 13.1 Å². The molecule has 2 atom stereocenters. The van der Waals surface area contributed by atoms with Crippen LogP contribution in [0, 0.1) is 17.8 Å². The number of aryl methyl sites for hydroxylation is 1. The van der Waals surface area contributed by atoms with Crippen LogP contribution in [0.25, 0.3) is 0 Å². The summed E-state index contributed by atoms with van der Waals surface area (Å²) in [5.74, 6) is 1.57. The van der Waals surface area contributed by atoms with Crippen LogP contribution in [-0.2, 0) is 30.2 Å². The Morgan fingerprint density at radius 1 is 1.27 bits per heavy atom. The molecule has 2 aliphatic carbocycles. The normalized spacial score (nSPS) is 29.9. The van der Waals surface area contributed by atoms with Gasteiger partial charge in [-0.05, 0) is 70.0 Å². The van der Waals surface area contributed by atoms with Crippen molar-refractivity contribution >= 4 is 5.91 Å². The van der Waals surface area contributed by atoms with Gasteiger partial charge in [0.25, 0.3) is 0 Å². The SMILES string of the molecule is Cn1nc(C(C)(C)NC(=O)C2C3CNCC32)c2c1CCCC2. The second-order valence-electron chi connectivity index (χ2n) is 7.73. The molecule has 0 radical (unpaired) electrons. The molecule has 22 heavy (non-hydrogen) atoms. The Kier molecular flexibility index (Phi) is 3.12. The highest BCUT2D eigenvalue weighted by atomic mass is 16.2. The lowest BCUT2D eigenvalue weighted by atomic mass is 9.88. The van der Waals surface area contributed by atoms with Crippen LogP contribution >= 0.6 is 0 Å². The fourth-order valence-corrected chi connectivity index (χ4v) is 4.53. The quantitative estimate of drug-likeness (QED) is 0.879. The van der Waals surface area contributed by atoms with Crippen molar-refractivity contribution in [1.29, 1.82) is 0 Å². The minimum absolute atomic E-state index is 0.219. The van der Waals surface area contributed by atoms with Crippen molar-refractivity contribution in [2.24, 2.45) is 24.8 Å². The summed E-state index contributed by atoms with van der Waals surface area (Å²) in [6, 6.07) is 0. The Balaban J connectivity index is 1.55. The van der Waals surface area contributed by atoms with Crippen LogP contribution in [0.3, 0.4) is 0 Å². The Bertz CT molecular complexity index is 608. The van der Waals surface area contributed by atoms with E-state index in [0.717, 1.165) is 31.6 Å². The van der Waals surface area contributed by atoms with E-state index in [1.165, 1.54) is 24.1 Å². The first-order valence-electron chi connectivity index (χ1n) is 8.57. The van der Waals surface area contributed by atoms with Crippen LogP contribution in [0.15, 0.2) is 0 Å². The summed E-state index contributed by atoms with van der Waals surface area (Å²) in [4.78, 5) is 12.6. The average molecular weight is 302 g/mol. The second-order valence-corrected chi connectivity index (χ2v) is 7.73. The second kappa shape index (κ2) is 4.82. The Morgan fingerprint density at radius 2 is 1.95 bits per heavy atom. The van der Waals surface area contributed by atoms with Crippen molar-refractivity contribution < 1.29 is 4.79 Å². The first-order valence-corrected chi connectivity index (χ1v) is 8.57. The van der Waals surface area contributed by atoms with Gasteiger partial charge in [-0.2, -0.15) is 5.10 Å². The Hall–Kier alpha value is -1.36. The van der Waals surface area contributed by atoms with Gasteiger partial charge < -0.3 is 10.6 Å². The summed E-state index contributed by atoms with van der Waals surface area (Å²) in [5, 5.41) is 11.4. The van der Waals surface area contributed by atoms with Gasteiger partial charge in [0.15, 0.2) is 0 Å². The number of nitrogens with zero attached hydrogens (tertiary/aromatic N) is 2. The molecule has 1 amide bonds. The van der Waals surface area contributed by atoms with Gasteiger partial charge in [0.2, 0.25) is 5.91 Å². The number of fused-ring (bicyclic) bond motifs is 2. The standard InChI is InChI=1S/C17H26N4O/c1-17(2,19-16(22)14-11-8-18-9-12(11)14)15-10-6-4-5-7-13(10)21(3)20-15/h11-12,14,18H,4-9H2,1-3H3,(H,19,22). The molecular formula is C17H26N4O. The average Bonchev–Trinajstić information content (AvgIpc) is 2.82. The maximum atomic E-state index is 12.6. The molecular weight excluding hydrogens is 276 g/mol. The van der Waals surface area contributed by atoms with Crippen molar-refractivity contribution in [3.8, 4) is 0 Å². The highest BCUT2D eigenvalue weighted by Gasteiger charge is 2.57. The minimum Gasteiger partial charge on any atom is -0.345 e. The monoisotopic (exact) mass is 302 g/mol. The number of rotatable bonds is 3. The van der Waals surface area contributed by atoms with Crippen LogP contribution in [0.1, 0.15) is 43.6 Å². The zero-order chi connectivity index (χ0) is 15.5. The van der Waals surface area contributed by atoms with E-state index in [0.29, 0.717) is 11.8 Å². The Morgan fingerprint density at radius 3 is 2.68 bits per heavy atom. The molecule has 1 saturated carbocycles. The highest BCUT2D eigenvalue weighted by molar-refractivity contribution is 5.83. The van der Waals surface area contributed by atoms with E-state index in [2.05, 4.69) is 24.5 Å². The summed E-state index contributed by atoms with van der Waals surface area (Å²) >= 11 is 0. The molecule has 4 rings (SSSR count). The van der Waals surface area contributed by atoms with Crippen LogP contribution in [-0.4, -0.2) is 28.8 Å². The van der Waals surface area contributed by atoms with E-state index in [1.807, 2.05) is 11.7 Å². The van der Waals surface area contributed by atoms with E-state index in [1.54, 1.807) is 0 Å². The maximum Gasteiger partial charge on any atom is 0.224 e. The first kappa shape index (κ1) is 14.2. The summed E-state index contributed by atoms with van der Waals surface area (Å²) in [6.45, 7) is 6.20. The summed E-state index contributed by atoms with van der Waals surface area (Å²) in [7, 11) is 2.03. The smallest absolute Gasteiger partial charge is 0.224 e. The minimum atomic E-state index is -0.385. The predicted molar refractivity (Wildman–Crippen MR) is 84.4 cm³/mol. The van der Waals surface area contributed by atoms with Gasteiger partial charge in [-0.25, -0.2) is 0 Å². The van der Waals surface area contributed by atoms with Gasteiger partial charge in [0.1, 0.15) is 0 Å². The number of aromatic nitrogens is 2. The van der Waals surface area contributed by atoms with Gasteiger partial charge >= 0.3 is 0 Å². The molecule has 2 unspecified atom stereocenters. The lowest BCUT2D eigenvalue weighted by Gasteiger charge is -2.27. The molecule has 0 spiro atoms. The summed E-state index contributed by atoms with van der Waals surface area (Å²) in [5.41, 5.74) is 3.42. The Labute approximate surface area is 131 Å². The number of hydrogen-bond donors (Lipinski definition) is 2. The molecule has 5 heteroatoms. The zero-order valence-corrected chi connectivity index (χ0v) is 13.8. The molecule has 1 saturated heterocycles. The molecule has 1 aromatic rings. The molecule has 5 nitrogen and oxygen atoms in total. The van der Waals surface area contributed by atoms with Crippen LogP contribution in [0.5, 0.6) is 0 Å². The third-order valence-corrected chi connectivity index (χ3v) is 5.79. The third-order valence-electron chi connectivity index (χ3n) is 5.79. The van der Waals surface area contributed by atoms with Crippen LogP contribution < -0.4 is 10.6 Å². The lowest BCUT2D eigenvalue weighted by molar-refractivity contribution is -0.124. The van der Waals surface area contributed by atoms with Gasteiger partial charge in [0.05, 0.1) is 11.2 Å². The summed E-state index contributed by atoms with van der Waals surface area (Å²) < 4.78 is 2.02. The van der Waals surface area contributed by atoms with E-state index in [4.69, 9.17) is 5.10 Å². The molecule has 1 aliphatic heterocycles. The van der Waals surface area contributed by atoms with E-state index >= 15 is 0 Å². The molecule has 2 fully saturated rings. The van der Waals surface area contributed by atoms with Crippen molar-refractivity contribution in [3.63, 3.8) is 0 Å². The zero-order valence-electron chi connectivity index (χ0n) is 13.8. The van der Waals surface area contributed by atoms with Crippen molar-refractivity contribution in [2.45, 2.75) is 45.1 Å². The molecule has 3 aliphatic rings. The molecule has 0 bridgehead atoms. The number of amides is 1. The predicted octanol–water partition coefficient (Wildman–Crippen LogP) is 1.12. The number of hydrogen-bond acceptors (Lipinski definition) is 3. The van der Waals surface area contributed by atoms with Crippen molar-refractivity contribution in [1.82, 2.24) is 20.4 Å². The molecule has 0 aromatic carbocycles. The van der Waals surface area contributed by atoms with Crippen LogP contribution in [0.4, 0.5) is 0 Å². The number of carbonyl (C=O) groups excluding carboxylic acids is 1. The van der Waals surface area contributed by atoms with Gasteiger partial charge in [-0.1, -0.05) is 0 Å². The maximum absolute atomic E-state index is 12.6. The number of nitrogens with one attached hydrogen (secondary N) is 2. The van der Waals surface area contributed by atoms with Gasteiger partial charge in [-0.15, -0.1) is 0 Å². The molecule has 2 heterocycles. The largest absolute Gasteiger partial charge is 0.345 e.